The van der Waals surface area contributed by atoms with E-state index in [1.807, 2.05) is 0 Å². The largest absolute Gasteiger partial charge is 0.418 e. The maximum atomic E-state index is 10.8. The van der Waals surface area contributed by atoms with Crippen LogP contribution in [0, 0.1) is 0 Å². The number of nitrogens with zero attached hydrogens (tertiary/aromatic N) is 1. The summed E-state index contributed by atoms with van der Waals surface area (Å²) >= 11 is 17.0. The van der Waals surface area contributed by atoms with E-state index >= 15 is 0 Å². The Balaban J connectivity index is 3.00. The van der Waals surface area contributed by atoms with Gasteiger partial charge < -0.3 is 4.42 Å². The van der Waals surface area contributed by atoms with E-state index in [9.17, 15) is 4.79 Å². The minimum Gasteiger partial charge on any atom is -0.404 e. The first-order valence-electron chi connectivity index (χ1n) is 3.13. The molecule has 68 valence electrons. The van der Waals surface area contributed by atoms with E-state index in [1.165, 1.54) is 0 Å². The summed E-state index contributed by atoms with van der Waals surface area (Å²) in [5, 5.41) is 0.171. The monoisotopic (exact) mass is 238 g/mol. The summed E-state index contributed by atoms with van der Waals surface area (Å²) in [6.45, 7) is 0. The average Bonchev–Trinajstić information content (AvgIpc) is 2.42. The Morgan fingerprint density at radius 2 is 1.92 bits per heavy atom. The number of hydrogen-bond acceptors (Lipinski definition) is 3. The fourth-order valence-electron chi connectivity index (χ4n) is 0.885. The lowest BCUT2D eigenvalue weighted by Crippen LogP contribution is -1.93. The Morgan fingerprint density at radius 1 is 1.23 bits per heavy atom. The molecule has 0 spiro atoms. The number of H-pyrrole nitrogens is 1. The van der Waals surface area contributed by atoms with Crippen LogP contribution in [0.2, 0.25) is 15.2 Å². The van der Waals surface area contributed by atoms with Gasteiger partial charge >= 0.3 is 5.76 Å². The molecule has 0 unspecified atom stereocenters. The number of aromatic nitrogens is 2. The SMILES string of the molecule is O=c1[nH]c2nc(Cl)c(Cl)c(Cl)c2o1. The third-order valence-corrected chi connectivity index (χ3v) is 2.61. The fourth-order valence-corrected chi connectivity index (χ4v) is 1.46. The molecule has 13 heavy (non-hydrogen) atoms. The molecule has 0 saturated carbocycles. The number of pyridine rings is 1. The maximum Gasteiger partial charge on any atom is 0.418 e. The van der Waals surface area contributed by atoms with E-state index in [0.29, 0.717) is 0 Å². The van der Waals surface area contributed by atoms with E-state index in [0.717, 1.165) is 0 Å². The lowest BCUT2D eigenvalue weighted by Gasteiger charge is -1.96. The van der Waals surface area contributed by atoms with Crippen LogP contribution in [0.1, 0.15) is 0 Å². The Kier molecular flexibility index (Phi) is 1.98. The van der Waals surface area contributed by atoms with Crippen LogP contribution in [-0.4, -0.2) is 9.97 Å². The van der Waals surface area contributed by atoms with Gasteiger partial charge in [-0.2, -0.15) is 0 Å². The molecule has 2 aromatic heterocycles. The number of oxazole rings is 1. The number of hydrogen-bond donors (Lipinski definition) is 1. The molecular formula is C6HCl3N2O2. The topological polar surface area (TPSA) is 58.9 Å². The van der Waals surface area contributed by atoms with E-state index in [-0.39, 0.29) is 26.4 Å². The smallest absolute Gasteiger partial charge is 0.404 e. The third kappa shape index (κ3) is 1.31. The summed E-state index contributed by atoms with van der Waals surface area (Å²) in [5.74, 6) is -0.650. The van der Waals surface area contributed by atoms with Crippen molar-refractivity contribution in [2.24, 2.45) is 0 Å². The van der Waals surface area contributed by atoms with Crippen molar-refractivity contribution in [1.29, 1.82) is 0 Å². The summed E-state index contributed by atoms with van der Waals surface area (Å²) in [7, 11) is 0. The van der Waals surface area contributed by atoms with Crippen LogP contribution in [-0.2, 0) is 0 Å². The highest BCUT2D eigenvalue weighted by Gasteiger charge is 2.14. The molecule has 2 aromatic rings. The Morgan fingerprint density at radius 3 is 2.62 bits per heavy atom. The summed E-state index contributed by atoms with van der Waals surface area (Å²) in [6.07, 6.45) is 0. The highest BCUT2D eigenvalue weighted by atomic mass is 35.5. The lowest BCUT2D eigenvalue weighted by atomic mass is 10.4. The van der Waals surface area contributed by atoms with Gasteiger partial charge in [0.05, 0.1) is 0 Å². The molecule has 0 aliphatic heterocycles. The van der Waals surface area contributed by atoms with Crippen LogP contribution < -0.4 is 5.76 Å². The first-order valence-corrected chi connectivity index (χ1v) is 4.26. The standard InChI is InChI=1S/C6HCl3N2O2/c7-1-2(8)4(9)10-5-3(1)13-6(12)11-5/h(H,10,11,12). The molecule has 0 bridgehead atoms. The van der Waals surface area contributed by atoms with Crippen LogP contribution in [0.3, 0.4) is 0 Å². The number of nitrogens with one attached hydrogen (secondary N) is 1. The molecule has 1 N–H and O–H groups in total. The van der Waals surface area contributed by atoms with Crippen molar-refractivity contribution >= 4 is 46.0 Å². The van der Waals surface area contributed by atoms with Gasteiger partial charge in [0.25, 0.3) is 0 Å². The van der Waals surface area contributed by atoms with Crippen LogP contribution in [0.4, 0.5) is 0 Å². The molecule has 2 heterocycles. The Hall–Kier alpha value is -0.710. The zero-order chi connectivity index (χ0) is 9.59. The zero-order valence-electron chi connectivity index (χ0n) is 5.90. The summed E-state index contributed by atoms with van der Waals surface area (Å²) in [5.41, 5.74) is 0.297. The van der Waals surface area contributed by atoms with Crippen molar-refractivity contribution in [2.45, 2.75) is 0 Å². The Bertz CT molecular complexity index is 530. The minimum atomic E-state index is -0.650. The second-order valence-electron chi connectivity index (χ2n) is 2.22. The van der Waals surface area contributed by atoms with Crippen LogP contribution in [0.15, 0.2) is 9.21 Å². The third-order valence-electron chi connectivity index (χ3n) is 1.41. The maximum absolute atomic E-state index is 10.8. The first-order chi connectivity index (χ1) is 6.09. The van der Waals surface area contributed by atoms with Crippen LogP contribution in [0.25, 0.3) is 11.2 Å². The van der Waals surface area contributed by atoms with Crippen molar-refractivity contribution in [2.75, 3.05) is 0 Å². The fraction of sp³-hybridized carbons (Fsp3) is 0. The van der Waals surface area contributed by atoms with Crippen molar-refractivity contribution in [1.82, 2.24) is 9.97 Å². The second kappa shape index (κ2) is 2.90. The molecule has 0 aliphatic carbocycles. The highest BCUT2D eigenvalue weighted by Crippen LogP contribution is 2.33. The Labute approximate surface area is 86.4 Å². The van der Waals surface area contributed by atoms with E-state index < -0.39 is 5.76 Å². The van der Waals surface area contributed by atoms with Crippen molar-refractivity contribution in [3.63, 3.8) is 0 Å². The number of fused-ring (bicyclic) bond motifs is 1. The van der Waals surface area contributed by atoms with Crippen LogP contribution in [0.5, 0.6) is 0 Å². The first kappa shape index (κ1) is 8.87. The van der Waals surface area contributed by atoms with Gasteiger partial charge in [0.15, 0.2) is 16.4 Å². The average molecular weight is 239 g/mol. The second-order valence-corrected chi connectivity index (χ2v) is 3.34. The summed E-state index contributed by atoms with van der Waals surface area (Å²) < 4.78 is 4.69. The normalized spacial score (nSPS) is 11.0. The van der Waals surface area contributed by atoms with Gasteiger partial charge in [-0.05, 0) is 0 Å². The summed E-state index contributed by atoms with van der Waals surface area (Å²) in [6, 6.07) is 0. The van der Waals surface area contributed by atoms with Gasteiger partial charge in [-0.25, -0.2) is 9.78 Å². The van der Waals surface area contributed by atoms with E-state index in [2.05, 4.69) is 14.4 Å². The van der Waals surface area contributed by atoms with Gasteiger partial charge in [-0.3, -0.25) is 4.98 Å². The molecular weight excluding hydrogens is 238 g/mol. The molecule has 4 nitrogen and oxygen atoms in total. The van der Waals surface area contributed by atoms with Crippen molar-refractivity contribution < 1.29 is 4.42 Å². The van der Waals surface area contributed by atoms with Gasteiger partial charge in [-0.1, -0.05) is 34.8 Å². The van der Waals surface area contributed by atoms with E-state index in [1.54, 1.807) is 0 Å². The molecule has 2 rings (SSSR count). The molecule has 0 fully saturated rings. The molecule has 0 amide bonds. The van der Waals surface area contributed by atoms with Crippen molar-refractivity contribution in [3.8, 4) is 0 Å². The highest BCUT2D eigenvalue weighted by molar-refractivity contribution is 6.49. The summed E-state index contributed by atoms with van der Waals surface area (Å²) in [4.78, 5) is 16.8. The van der Waals surface area contributed by atoms with Gasteiger partial charge in [0, 0.05) is 0 Å². The van der Waals surface area contributed by atoms with Gasteiger partial charge in [-0.15, -0.1) is 0 Å². The van der Waals surface area contributed by atoms with E-state index in [4.69, 9.17) is 34.8 Å². The number of halogens is 3. The van der Waals surface area contributed by atoms with Crippen molar-refractivity contribution in [3.05, 3.63) is 25.7 Å². The number of aromatic amines is 1. The van der Waals surface area contributed by atoms with Gasteiger partial charge in [0.2, 0.25) is 0 Å². The minimum absolute atomic E-state index is 0.0243. The van der Waals surface area contributed by atoms with Gasteiger partial charge in [0.1, 0.15) is 10.0 Å². The molecule has 0 saturated heterocycles. The molecule has 7 heteroatoms. The lowest BCUT2D eigenvalue weighted by molar-refractivity contribution is 0.555. The molecule has 0 atom stereocenters. The molecule has 0 aliphatic rings. The molecule has 0 radical (unpaired) electrons. The molecule has 0 aromatic carbocycles. The quantitative estimate of drug-likeness (QED) is 0.719. The number of rotatable bonds is 0. The zero-order valence-corrected chi connectivity index (χ0v) is 8.17. The predicted octanol–water partition coefficient (Wildman–Crippen LogP) is 2.48. The van der Waals surface area contributed by atoms with Crippen LogP contribution >= 0.6 is 34.8 Å². The predicted molar refractivity (Wildman–Crippen MR) is 49.7 cm³/mol.